The lowest BCUT2D eigenvalue weighted by atomic mass is 9.64. The van der Waals surface area contributed by atoms with Gasteiger partial charge in [0.15, 0.2) is 0 Å². The molecule has 3 unspecified atom stereocenters. The first kappa shape index (κ1) is 10.4. The number of fused-ring (bicyclic) bond motifs is 1. The van der Waals surface area contributed by atoms with Crippen molar-refractivity contribution in [2.75, 3.05) is 0 Å². The van der Waals surface area contributed by atoms with Crippen molar-refractivity contribution in [3.05, 3.63) is 0 Å². The molecular weight excluding hydrogens is 182 g/mol. The molecule has 2 heteroatoms. The summed E-state index contributed by atoms with van der Waals surface area (Å²) in [6.07, 6.45) is 7.68. The van der Waals surface area contributed by atoms with Crippen molar-refractivity contribution < 1.29 is 8.78 Å². The molecule has 0 saturated heterocycles. The molecule has 0 amide bonds. The first-order chi connectivity index (χ1) is 6.59. The molecule has 0 N–H and O–H groups in total. The fourth-order valence-corrected chi connectivity index (χ4v) is 3.57. The summed E-state index contributed by atoms with van der Waals surface area (Å²) in [6.45, 7) is 1.12. The SMILES string of the molecule is CC(F)(F)C1CCCC2CCCCC21. The molecule has 0 radical (unpaired) electrons. The summed E-state index contributed by atoms with van der Waals surface area (Å²) in [5, 5.41) is 0. The lowest BCUT2D eigenvalue weighted by Gasteiger charge is -2.43. The standard InChI is InChI=1S/C12H20F2/c1-12(13,14)11-8-4-6-9-5-2-3-7-10(9)11/h9-11H,2-8H2,1H3. The molecule has 2 fully saturated rings. The van der Waals surface area contributed by atoms with Gasteiger partial charge in [0.25, 0.3) is 0 Å². The molecule has 14 heavy (non-hydrogen) atoms. The van der Waals surface area contributed by atoms with Crippen LogP contribution in [0.5, 0.6) is 0 Å². The summed E-state index contributed by atoms with van der Waals surface area (Å²) in [6, 6.07) is 0. The monoisotopic (exact) mass is 202 g/mol. The summed E-state index contributed by atoms with van der Waals surface area (Å²) in [5.41, 5.74) is 0. The van der Waals surface area contributed by atoms with Gasteiger partial charge >= 0.3 is 0 Å². The molecule has 0 bridgehead atoms. The third-order valence-electron chi connectivity index (χ3n) is 4.23. The van der Waals surface area contributed by atoms with Gasteiger partial charge in [-0.15, -0.1) is 0 Å². The minimum atomic E-state index is -2.44. The lowest BCUT2D eigenvalue weighted by Crippen LogP contribution is -2.39. The maximum absolute atomic E-state index is 13.4. The van der Waals surface area contributed by atoms with Gasteiger partial charge in [-0.1, -0.05) is 32.1 Å². The quantitative estimate of drug-likeness (QED) is 0.596. The van der Waals surface area contributed by atoms with Gasteiger partial charge in [-0.05, 0) is 31.6 Å². The fraction of sp³-hybridized carbons (Fsp3) is 1.00. The number of hydrogen-bond acceptors (Lipinski definition) is 0. The van der Waals surface area contributed by atoms with Gasteiger partial charge < -0.3 is 0 Å². The molecule has 2 aliphatic rings. The molecule has 3 atom stereocenters. The van der Waals surface area contributed by atoms with Crippen LogP contribution in [0.15, 0.2) is 0 Å². The maximum atomic E-state index is 13.4. The second-order valence-electron chi connectivity index (χ2n) is 5.20. The Balaban J connectivity index is 2.09. The molecule has 0 heterocycles. The Morgan fingerprint density at radius 3 is 2.29 bits per heavy atom. The van der Waals surface area contributed by atoms with Crippen LogP contribution in [-0.4, -0.2) is 5.92 Å². The molecule has 2 rings (SSSR count). The first-order valence-electron chi connectivity index (χ1n) is 5.97. The van der Waals surface area contributed by atoms with Crippen molar-refractivity contribution in [3.8, 4) is 0 Å². The van der Waals surface area contributed by atoms with Crippen LogP contribution >= 0.6 is 0 Å². The normalized spacial score (nSPS) is 39.2. The summed E-state index contributed by atoms with van der Waals surface area (Å²) >= 11 is 0. The van der Waals surface area contributed by atoms with E-state index in [4.69, 9.17) is 0 Å². The molecule has 0 aromatic heterocycles. The molecule has 0 nitrogen and oxygen atoms in total. The van der Waals surface area contributed by atoms with Crippen molar-refractivity contribution in [2.24, 2.45) is 17.8 Å². The lowest BCUT2D eigenvalue weighted by molar-refractivity contribution is -0.0976. The second-order valence-corrected chi connectivity index (χ2v) is 5.20. The Hall–Kier alpha value is -0.140. The van der Waals surface area contributed by atoms with Crippen molar-refractivity contribution >= 4 is 0 Å². The van der Waals surface area contributed by atoms with E-state index in [0.717, 1.165) is 26.2 Å². The number of alkyl halides is 2. The number of rotatable bonds is 1. The van der Waals surface area contributed by atoms with E-state index in [9.17, 15) is 8.78 Å². The highest BCUT2D eigenvalue weighted by molar-refractivity contribution is 4.89. The van der Waals surface area contributed by atoms with Crippen LogP contribution in [-0.2, 0) is 0 Å². The van der Waals surface area contributed by atoms with Crippen LogP contribution in [0, 0.1) is 17.8 Å². The Morgan fingerprint density at radius 1 is 0.929 bits per heavy atom. The average molecular weight is 202 g/mol. The van der Waals surface area contributed by atoms with Gasteiger partial charge in [-0.3, -0.25) is 0 Å². The predicted molar refractivity (Wildman–Crippen MR) is 53.4 cm³/mol. The Bertz CT molecular complexity index is 193. The van der Waals surface area contributed by atoms with Crippen LogP contribution in [0.3, 0.4) is 0 Å². The third-order valence-corrected chi connectivity index (χ3v) is 4.23. The van der Waals surface area contributed by atoms with Crippen LogP contribution in [0.2, 0.25) is 0 Å². The van der Waals surface area contributed by atoms with Crippen LogP contribution in [0.4, 0.5) is 8.78 Å². The first-order valence-corrected chi connectivity index (χ1v) is 5.97. The van der Waals surface area contributed by atoms with Crippen LogP contribution < -0.4 is 0 Å². The number of hydrogen-bond donors (Lipinski definition) is 0. The van der Waals surface area contributed by atoms with E-state index >= 15 is 0 Å². The Morgan fingerprint density at radius 2 is 1.57 bits per heavy atom. The van der Waals surface area contributed by atoms with E-state index in [-0.39, 0.29) is 5.92 Å². The summed E-state index contributed by atoms with van der Waals surface area (Å²) < 4.78 is 26.8. The highest BCUT2D eigenvalue weighted by Gasteiger charge is 2.45. The zero-order valence-corrected chi connectivity index (χ0v) is 8.94. The van der Waals surface area contributed by atoms with Gasteiger partial charge in [0.2, 0.25) is 5.92 Å². The molecule has 2 saturated carbocycles. The van der Waals surface area contributed by atoms with Crippen LogP contribution in [0.25, 0.3) is 0 Å². The highest BCUT2D eigenvalue weighted by atomic mass is 19.3. The minimum absolute atomic E-state index is 0.318. The molecule has 2 aliphatic carbocycles. The molecule has 0 aliphatic heterocycles. The Labute approximate surface area is 85.1 Å². The van der Waals surface area contributed by atoms with E-state index < -0.39 is 5.92 Å². The molecule has 0 spiro atoms. The fourth-order valence-electron chi connectivity index (χ4n) is 3.57. The van der Waals surface area contributed by atoms with Crippen LogP contribution in [0.1, 0.15) is 51.9 Å². The van der Waals surface area contributed by atoms with Crippen molar-refractivity contribution in [1.82, 2.24) is 0 Å². The minimum Gasteiger partial charge on any atom is -0.207 e. The molecule has 82 valence electrons. The van der Waals surface area contributed by atoms with E-state index in [0.29, 0.717) is 11.8 Å². The van der Waals surface area contributed by atoms with E-state index in [1.807, 2.05) is 0 Å². The molecule has 0 aromatic carbocycles. The van der Waals surface area contributed by atoms with Crippen molar-refractivity contribution in [3.63, 3.8) is 0 Å². The predicted octanol–water partition coefficient (Wildman–Crippen LogP) is 4.25. The number of halogens is 2. The summed E-state index contributed by atoms with van der Waals surface area (Å²) in [5.74, 6) is -1.81. The van der Waals surface area contributed by atoms with Gasteiger partial charge in [-0.25, -0.2) is 8.78 Å². The van der Waals surface area contributed by atoms with E-state index in [2.05, 4.69) is 0 Å². The molecular formula is C12H20F2. The van der Waals surface area contributed by atoms with Gasteiger partial charge in [0.1, 0.15) is 0 Å². The zero-order chi connectivity index (χ0) is 10.2. The zero-order valence-electron chi connectivity index (χ0n) is 8.94. The largest absolute Gasteiger partial charge is 0.248 e. The van der Waals surface area contributed by atoms with Gasteiger partial charge in [0.05, 0.1) is 0 Å². The van der Waals surface area contributed by atoms with Crippen molar-refractivity contribution in [2.45, 2.75) is 57.8 Å². The maximum Gasteiger partial charge on any atom is 0.248 e. The smallest absolute Gasteiger partial charge is 0.207 e. The van der Waals surface area contributed by atoms with Gasteiger partial charge in [0, 0.05) is 5.92 Å². The summed E-state index contributed by atoms with van der Waals surface area (Å²) in [7, 11) is 0. The highest BCUT2D eigenvalue weighted by Crippen LogP contribution is 2.48. The van der Waals surface area contributed by atoms with Crippen molar-refractivity contribution in [1.29, 1.82) is 0 Å². The topological polar surface area (TPSA) is 0 Å². The third kappa shape index (κ3) is 1.94. The average Bonchev–Trinajstić information content (AvgIpc) is 2.15. The molecule has 0 aromatic rings. The second kappa shape index (κ2) is 3.79. The Kier molecular flexibility index (Phi) is 2.81. The van der Waals surface area contributed by atoms with E-state index in [1.165, 1.54) is 25.7 Å². The van der Waals surface area contributed by atoms with Gasteiger partial charge in [-0.2, -0.15) is 0 Å². The summed E-state index contributed by atoms with van der Waals surface area (Å²) in [4.78, 5) is 0. The van der Waals surface area contributed by atoms with E-state index in [1.54, 1.807) is 0 Å².